The summed E-state index contributed by atoms with van der Waals surface area (Å²) < 4.78 is 23.6. The Hall–Kier alpha value is -1.12. The Morgan fingerprint density at radius 1 is 1.33 bits per heavy atom. The molecule has 0 aliphatic carbocycles. The van der Waals surface area contributed by atoms with Gasteiger partial charge in [-0.1, -0.05) is 6.07 Å². The van der Waals surface area contributed by atoms with Crippen molar-refractivity contribution < 1.29 is 8.87 Å². The Morgan fingerprint density at radius 3 is 2.56 bits per heavy atom. The molecule has 0 unspecified atom stereocenters. The fraction of sp³-hybridized carbons (Fsp3) is 0. The van der Waals surface area contributed by atoms with Crippen molar-refractivity contribution in [3.8, 4) is 0 Å². The van der Waals surface area contributed by atoms with E-state index < -0.39 is 5.82 Å². The molecular weight excluding hydrogens is 124 g/mol. The molecule has 0 saturated carbocycles. The minimum absolute atomic E-state index is 0.134. The topological polar surface area (TPSA) is 12.0 Å². The summed E-state index contributed by atoms with van der Waals surface area (Å²) in [6.45, 7) is 0. The van der Waals surface area contributed by atoms with E-state index in [-0.39, 0.29) is 5.69 Å². The highest BCUT2D eigenvalue weighted by Crippen LogP contribution is 2.07. The molecule has 1 aromatic carbocycles. The zero-order chi connectivity index (χ0) is 6.69. The lowest BCUT2D eigenvalue weighted by Gasteiger charge is -1.92. The van der Waals surface area contributed by atoms with Crippen molar-refractivity contribution >= 4 is 5.69 Å². The second-order valence-corrected chi connectivity index (χ2v) is 1.60. The summed E-state index contributed by atoms with van der Waals surface area (Å²) in [6, 6.07) is 5.18. The van der Waals surface area contributed by atoms with Crippen LogP contribution in [0.25, 0.3) is 0 Å². The highest BCUT2D eigenvalue weighted by Gasteiger charge is 1.90. The van der Waals surface area contributed by atoms with E-state index in [9.17, 15) is 8.87 Å². The first-order valence-corrected chi connectivity index (χ1v) is 2.45. The maximum Gasteiger partial charge on any atom is 0.125 e. The van der Waals surface area contributed by atoms with E-state index in [0.29, 0.717) is 0 Å². The summed E-state index contributed by atoms with van der Waals surface area (Å²) in [5.41, 5.74) is 1.46. The fourth-order valence-corrected chi connectivity index (χ4v) is 0.547. The highest BCUT2D eigenvalue weighted by molar-refractivity contribution is 5.40. The Labute approximate surface area is 51.2 Å². The van der Waals surface area contributed by atoms with Crippen molar-refractivity contribution in [3.63, 3.8) is 0 Å². The van der Waals surface area contributed by atoms with Gasteiger partial charge in [-0.2, -0.15) is 0 Å². The predicted octanol–water partition coefficient (Wildman–Crippen LogP) is 2.12. The first kappa shape index (κ1) is 6.01. The summed E-state index contributed by atoms with van der Waals surface area (Å²) in [5, 5.41) is 0. The average Bonchev–Trinajstić information content (AvgIpc) is 1.88. The molecule has 9 heavy (non-hydrogen) atoms. The zero-order valence-electron chi connectivity index (χ0n) is 4.57. The molecule has 1 N–H and O–H groups in total. The lowest BCUT2D eigenvalue weighted by Crippen LogP contribution is -1.81. The Bertz CT molecular complexity index is 200. The number of benzene rings is 1. The van der Waals surface area contributed by atoms with Crippen LogP contribution in [0, 0.1) is 5.82 Å². The molecule has 0 heterocycles. The second-order valence-electron chi connectivity index (χ2n) is 1.60. The van der Waals surface area contributed by atoms with E-state index in [1.165, 1.54) is 23.7 Å². The van der Waals surface area contributed by atoms with Gasteiger partial charge in [-0.3, -0.25) is 0 Å². The number of anilines is 1. The number of rotatable bonds is 1. The summed E-state index contributed by atoms with van der Waals surface area (Å²) >= 11 is 0. The fourth-order valence-electron chi connectivity index (χ4n) is 0.547. The van der Waals surface area contributed by atoms with Crippen molar-refractivity contribution in [3.05, 3.63) is 30.1 Å². The molecule has 0 aliphatic rings. The van der Waals surface area contributed by atoms with E-state index in [0.717, 1.165) is 6.07 Å². The van der Waals surface area contributed by atoms with E-state index >= 15 is 0 Å². The molecule has 0 bridgehead atoms. The van der Waals surface area contributed by atoms with Crippen LogP contribution in [0.2, 0.25) is 0 Å². The molecule has 0 amide bonds. The van der Waals surface area contributed by atoms with Crippen LogP contribution >= 0.6 is 0 Å². The third kappa shape index (κ3) is 1.38. The lowest BCUT2D eigenvalue weighted by molar-refractivity contribution is 0.605. The minimum Gasteiger partial charge on any atom is -0.224 e. The van der Waals surface area contributed by atoms with Crippen LogP contribution in [0.15, 0.2) is 24.3 Å². The summed E-state index contributed by atoms with van der Waals surface area (Å²) in [7, 11) is 0. The van der Waals surface area contributed by atoms with Crippen LogP contribution in [-0.4, -0.2) is 0 Å². The predicted molar refractivity (Wildman–Crippen MR) is 31.1 cm³/mol. The summed E-state index contributed by atoms with van der Waals surface area (Å²) in [4.78, 5) is 0. The molecule has 3 heteroatoms. The van der Waals surface area contributed by atoms with Gasteiger partial charge in [0.2, 0.25) is 0 Å². The average molecular weight is 129 g/mol. The minimum atomic E-state index is -0.447. The quantitative estimate of drug-likeness (QED) is 0.572. The molecule has 1 aromatic rings. The molecule has 0 aliphatic heterocycles. The summed E-state index contributed by atoms with van der Waals surface area (Å²) in [6.07, 6.45) is 0. The monoisotopic (exact) mass is 129 g/mol. The second kappa shape index (κ2) is 2.44. The van der Waals surface area contributed by atoms with Gasteiger partial charge in [0.25, 0.3) is 0 Å². The van der Waals surface area contributed by atoms with Gasteiger partial charge in [-0.25, -0.2) is 9.93 Å². The van der Waals surface area contributed by atoms with Gasteiger partial charge >= 0.3 is 0 Å². The largest absolute Gasteiger partial charge is 0.224 e. The molecule has 1 nitrogen and oxygen atoms in total. The van der Waals surface area contributed by atoms with E-state index in [1.807, 2.05) is 0 Å². The van der Waals surface area contributed by atoms with Crippen LogP contribution in [-0.2, 0) is 0 Å². The van der Waals surface area contributed by atoms with Gasteiger partial charge < -0.3 is 0 Å². The molecule has 0 radical (unpaired) electrons. The summed E-state index contributed by atoms with van der Waals surface area (Å²) in [5.74, 6) is -0.447. The van der Waals surface area contributed by atoms with Crippen molar-refractivity contribution in [1.29, 1.82) is 0 Å². The maximum absolute atomic E-state index is 12.1. The third-order valence-corrected chi connectivity index (χ3v) is 0.934. The number of halogens is 2. The van der Waals surface area contributed by atoms with E-state index in [1.54, 1.807) is 0 Å². The lowest BCUT2D eigenvalue weighted by atomic mass is 10.3. The molecular formula is C6H5F2N. The molecule has 0 spiro atoms. The standard InChI is InChI=1S/C6H5F2N/c7-5-2-1-3-6(4-5)9-8/h1-4,9H. The van der Waals surface area contributed by atoms with Gasteiger partial charge in [-0.05, 0) is 18.2 Å². The van der Waals surface area contributed by atoms with E-state index in [4.69, 9.17) is 0 Å². The van der Waals surface area contributed by atoms with Gasteiger partial charge in [-0.15, -0.1) is 4.48 Å². The molecule has 0 atom stereocenters. The SMILES string of the molecule is FNc1cccc(F)c1. The maximum atomic E-state index is 12.1. The van der Waals surface area contributed by atoms with Crippen molar-refractivity contribution in [1.82, 2.24) is 0 Å². The van der Waals surface area contributed by atoms with Crippen molar-refractivity contribution in [2.75, 3.05) is 5.54 Å². The first-order chi connectivity index (χ1) is 4.33. The molecule has 0 saturated heterocycles. The normalized spacial score (nSPS) is 9.11. The van der Waals surface area contributed by atoms with Gasteiger partial charge in [0, 0.05) is 0 Å². The van der Waals surface area contributed by atoms with Crippen LogP contribution in [0.4, 0.5) is 14.6 Å². The van der Waals surface area contributed by atoms with Crippen molar-refractivity contribution in [2.24, 2.45) is 0 Å². The van der Waals surface area contributed by atoms with Crippen LogP contribution in [0.3, 0.4) is 0 Å². The molecule has 0 aromatic heterocycles. The van der Waals surface area contributed by atoms with Crippen LogP contribution in [0.5, 0.6) is 0 Å². The van der Waals surface area contributed by atoms with Crippen molar-refractivity contribution in [2.45, 2.75) is 0 Å². The smallest absolute Gasteiger partial charge is 0.125 e. The zero-order valence-corrected chi connectivity index (χ0v) is 4.57. The Balaban J connectivity index is 2.94. The number of nitrogens with one attached hydrogen (secondary N) is 1. The van der Waals surface area contributed by atoms with Gasteiger partial charge in [0.05, 0.1) is 5.69 Å². The third-order valence-electron chi connectivity index (χ3n) is 0.934. The first-order valence-electron chi connectivity index (χ1n) is 2.45. The Morgan fingerprint density at radius 2 is 2.11 bits per heavy atom. The van der Waals surface area contributed by atoms with Crippen LogP contribution in [0.1, 0.15) is 0 Å². The number of hydrogen-bond donors (Lipinski definition) is 1. The highest BCUT2D eigenvalue weighted by atomic mass is 19.2. The molecule has 48 valence electrons. The molecule has 0 fully saturated rings. The van der Waals surface area contributed by atoms with E-state index in [2.05, 4.69) is 0 Å². The molecule has 1 rings (SSSR count). The van der Waals surface area contributed by atoms with Gasteiger partial charge in [0.1, 0.15) is 5.82 Å². The van der Waals surface area contributed by atoms with Gasteiger partial charge in [0.15, 0.2) is 0 Å². The number of hydrogen-bond acceptors (Lipinski definition) is 1. The van der Waals surface area contributed by atoms with Crippen LogP contribution < -0.4 is 5.54 Å². The Kier molecular flexibility index (Phi) is 1.63.